The van der Waals surface area contributed by atoms with Crippen LogP contribution in [0.3, 0.4) is 0 Å². The van der Waals surface area contributed by atoms with Crippen molar-refractivity contribution in [1.82, 2.24) is 0 Å². The summed E-state index contributed by atoms with van der Waals surface area (Å²) >= 11 is 0. The van der Waals surface area contributed by atoms with Gasteiger partial charge >= 0.3 is 5.97 Å². The van der Waals surface area contributed by atoms with E-state index in [0.29, 0.717) is 11.5 Å². The number of methoxy groups -OCH3 is 1. The van der Waals surface area contributed by atoms with E-state index in [-0.39, 0.29) is 11.9 Å². The summed E-state index contributed by atoms with van der Waals surface area (Å²) in [7, 11) is 1.58. The van der Waals surface area contributed by atoms with Crippen molar-refractivity contribution < 1.29 is 14.3 Å². The van der Waals surface area contributed by atoms with Crippen LogP contribution >= 0.6 is 0 Å². The lowest BCUT2D eigenvalue weighted by Crippen LogP contribution is -2.17. The molecule has 0 aliphatic rings. The molecule has 0 saturated carbocycles. The van der Waals surface area contributed by atoms with Gasteiger partial charge in [-0.3, -0.25) is 4.79 Å². The van der Waals surface area contributed by atoms with Crippen molar-refractivity contribution in [2.75, 3.05) is 7.11 Å². The molecular weight excluding hydrogens is 216 g/mol. The van der Waals surface area contributed by atoms with Crippen molar-refractivity contribution in [3.05, 3.63) is 23.8 Å². The average Bonchev–Trinajstić information content (AvgIpc) is 2.37. The van der Waals surface area contributed by atoms with Crippen LogP contribution in [0.4, 0.5) is 0 Å². The molecule has 17 heavy (non-hydrogen) atoms. The number of esters is 1. The van der Waals surface area contributed by atoms with Crippen LogP contribution in [0.2, 0.25) is 0 Å². The molecule has 1 unspecified atom stereocenters. The fraction of sp³-hybridized carbons (Fsp3) is 0.500. The Bertz CT molecular complexity index is 385. The lowest BCUT2D eigenvalue weighted by atomic mass is 10.1. The molecule has 1 aromatic carbocycles. The first-order valence-corrected chi connectivity index (χ1v) is 6.00. The summed E-state index contributed by atoms with van der Waals surface area (Å²) < 4.78 is 10.5. The van der Waals surface area contributed by atoms with Crippen molar-refractivity contribution in [2.24, 2.45) is 5.92 Å². The third-order valence-corrected chi connectivity index (χ3v) is 2.86. The van der Waals surface area contributed by atoms with E-state index in [1.54, 1.807) is 13.2 Å². The summed E-state index contributed by atoms with van der Waals surface area (Å²) in [5.74, 6) is 0.802. The van der Waals surface area contributed by atoms with Crippen LogP contribution in [0, 0.1) is 5.92 Å². The van der Waals surface area contributed by atoms with E-state index in [1.807, 2.05) is 26.0 Å². The second-order valence-corrected chi connectivity index (χ2v) is 4.07. The van der Waals surface area contributed by atoms with Crippen LogP contribution in [0.15, 0.2) is 18.2 Å². The lowest BCUT2D eigenvalue weighted by molar-refractivity contribution is -0.138. The maximum atomic E-state index is 11.7. The van der Waals surface area contributed by atoms with E-state index >= 15 is 0 Å². The second kappa shape index (κ2) is 6.28. The molecule has 0 spiro atoms. The normalized spacial score (nSPS) is 12.0. The summed E-state index contributed by atoms with van der Waals surface area (Å²) in [6.07, 6.45) is 1.70. The minimum Gasteiger partial charge on any atom is -0.493 e. The Kier molecular flexibility index (Phi) is 5.01. The van der Waals surface area contributed by atoms with Crippen LogP contribution in [0.5, 0.6) is 11.5 Å². The standard InChI is InChI=1S/C14H20O3/c1-5-10(3)14(15)17-12-8-7-11(6-2)9-13(12)16-4/h7-10H,5-6H2,1-4H3. The number of aryl methyl sites for hydroxylation is 1. The summed E-state index contributed by atoms with van der Waals surface area (Å²) in [5, 5.41) is 0. The van der Waals surface area contributed by atoms with E-state index < -0.39 is 0 Å². The van der Waals surface area contributed by atoms with Crippen LogP contribution in [0.1, 0.15) is 32.8 Å². The molecule has 0 amide bonds. The summed E-state index contributed by atoms with van der Waals surface area (Å²) in [5.41, 5.74) is 1.16. The summed E-state index contributed by atoms with van der Waals surface area (Å²) in [6, 6.07) is 5.64. The van der Waals surface area contributed by atoms with E-state index in [9.17, 15) is 4.79 Å². The van der Waals surface area contributed by atoms with Gasteiger partial charge in [-0.2, -0.15) is 0 Å². The molecule has 0 fully saturated rings. The molecule has 0 heterocycles. The van der Waals surface area contributed by atoms with Gasteiger partial charge in [0.05, 0.1) is 13.0 Å². The molecule has 0 N–H and O–H groups in total. The smallest absolute Gasteiger partial charge is 0.314 e. The van der Waals surface area contributed by atoms with Gasteiger partial charge in [0.15, 0.2) is 11.5 Å². The minimum atomic E-state index is -0.213. The van der Waals surface area contributed by atoms with Crippen LogP contribution < -0.4 is 9.47 Å². The van der Waals surface area contributed by atoms with Crippen LogP contribution in [-0.2, 0) is 11.2 Å². The van der Waals surface area contributed by atoms with Gasteiger partial charge in [0, 0.05) is 0 Å². The highest BCUT2D eigenvalue weighted by molar-refractivity contribution is 5.75. The van der Waals surface area contributed by atoms with Gasteiger partial charge < -0.3 is 9.47 Å². The fourth-order valence-electron chi connectivity index (χ4n) is 1.39. The largest absolute Gasteiger partial charge is 0.493 e. The lowest BCUT2D eigenvalue weighted by Gasteiger charge is -2.12. The molecule has 0 saturated heterocycles. The molecule has 3 nitrogen and oxygen atoms in total. The van der Waals surface area contributed by atoms with Gasteiger partial charge in [-0.25, -0.2) is 0 Å². The molecule has 1 aromatic rings. The first kappa shape index (κ1) is 13.6. The Hall–Kier alpha value is -1.51. The first-order chi connectivity index (χ1) is 8.12. The Balaban J connectivity index is 2.87. The molecule has 1 rings (SSSR count). The highest BCUT2D eigenvalue weighted by Crippen LogP contribution is 2.29. The van der Waals surface area contributed by atoms with E-state index in [2.05, 4.69) is 6.92 Å². The van der Waals surface area contributed by atoms with Crippen LogP contribution in [-0.4, -0.2) is 13.1 Å². The van der Waals surface area contributed by atoms with Gasteiger partial charge in [0.2, 0.25) is 0 Å². The number of carbonyl (C=O) groups is 1. The average molecular weight is 236 g/mol. The second-order valence-electron chi connectivity index (χ2n) is 4.07. The Morgan fingerprint density at radius 3 is 2.53 bits per heavy atom. The molecule has 3 heteroatoms. The van der Waals surface area contributed by atoms with E-state index in [0.717, 1.165) is 18.4 Å². The third kappa shape index (κ3) is 3.48. The molecule has 0 radical (unpaired) electrons. The quantitative estimate of drug-likeness (QED) is 0.581. The highest BCUT2D eigenvalue weighted by atomic mass is 16.6. The number of hydrogen-bond acceptors (Lipinski definition) is 3. The zero-order chi connectivity index (χ0) is 12.8. The van der Waals surface area contributed by atoms with Crippen LogP contribution in [0.25, 0.3) is 0 Å². The van der Waals surface area contributed by atoms with Crippen molar-refractivity contribution in [1.29, 1.82) is 0 Å². The Morgan fingerprint density at radius 2 is 2.00 bits per heavy atom. The molecule has 0 bridgehead atoms. The predicted octanol–water partition coefficient (Wildman–Crippen LogP) is 3.21. The maximum absolute atomic E-state index is 11.7. The Labute approximate surface area is 103 Å². The van der Waals surface area contributed by atoms with Gasteiger partial charge in [-0.1, -0.05) is 26.8 Å². The van der Waals surface area contributed by atoms with Gasteiger partial charge in [-0.15, -0.1) is 0 Å². The molecule has 1 atom stereocenters. The van der Waals surface area contributed by atoms with Crippen molar-refractivity contribution >= 4 is 5.97 Å². The predicted molar refractivity (Wildman–Crippen MR) is 67.5 cm³/mol. The summed E-state index contributed by atoms with van der Waals surface area (Å²) in [6.45, 7) is 5.89. The number of benzene rings is 1. The zero-order valence-corrected chi connectivity index (χ0v) is 10.9. The minimum absolute atomic E-state index is 0.0921. The van der Waals surface area contributed by atoms with E-state index in [1.165, 1.54) is 0 Å². The van der Waals surface area contributed by atoms with Crippen molar-refractivity contribution in [3.8, 4) is 11.5 Å². The van der Waals surface area contributed by atoms with Gasteiger partial charge in [0.1, 0.15) is 0 Å². The van der Waals surface area contributed by atoms with Crippen molar-refractivity contribution in [3.63, 3.8) is 0 Å². The SMILES string of the molecule is CCc1ccc(OC(=O)C(C)CC)c(OC)c1. The fourth-order valence-corrected chi connectivity index (χ4v) is 1.39. The van der Waals surface area contributed by atoms with Gasteiger partial charge in [0.25, 0.3) is 0 Å². The maximum Gasteiger partial charge on any atom is 0.314 e. The van der Waals surface area contributed by atoms with E-state index in [4.69, 9.17) is 9.47 Å². The highest BCUT2D eigenvalue weighted by Gasteiger charge is 2.15. The first-order valence-electron chi connectivity index (χ1n) is 6.00. The topological polar surface area (TPSA) is 35.5 Å². The number of rotatable bonds is 5. The molecule has 0 aliphatic heterocycles. The molecule has 0 aliphatic carbocycles. The molecule has 94 valence electrons. The molecular formula is C14H20O3. The number of carbonyl (C=O) groups excluding carboxylic acids is 1. The number of hydrogen-bond donors (Lipinski definition) is 0. The zero-order valence-electron chi connectivity index (χ0n) is 10.9. The third-order valence-electron chi connectivity index (χ3n) is 2.86. The van der Waals surface area contributed by atoms with Crippen molar-refractivity contribution in [2.45, 2.75) is 33.6 Å². The Morgan fingerprint density at radius 1 is 1.29 bits per heavy atom. The monoisotopic (exact) mass is 236 g/mol. The number of ether oxygens (including phenoxy) is 2. The van der Waals surface area contributed by atoms with Gasteiger partial charge in [-0.05, 0) is 30.5 Å². The molecule has 0 aromatic heterocycles. The summed E-state index contributed by atoms with van der Waals surface area (Å²) in [4.78, 5) is 11.7.